The summed E-state index contributed by atoms with van der Waals surface area (Å²) in [6, 6.07) is 3.47. The Morgan fingerprint density at radius 1 is 1.18 bits per heavy atom. The van der Waals surface area contributed by atoms with Crippen LogP contribution in [0.1, 0.15) is 81.3 Å². The second-order valence-corrected chi connectivity index (χ2v) is 12.1. The molecule has 10 heteroatoms. The van der Waals surface area contributed by atoms with Gasteiger partial charge in [0, 0.05) is 18.0 Å². The van der Waals surface area contributed by atoms with Crippen molar-refractivity contribution in [3.05, 3.63) is 23.4 Å². The number of aromatic nitrogens is 1. The number of methoxy groups -OCH3 is 1. The zero-order valence-corrected chi connectivity index (χ0v) is 22.4. The zero-order valence-electron chi connectivity index (χ0n) is 22.4. The Balaban J connectivity index is 1.38. The number of hydrogen-bond acceptors (Lipinski definition) is 7. The van der Waals surface area contributed by atoms with Crippen molar-refractivity contribution in [1.29, 1.82) is 0 Å². The molecule has 1 amide bonds. The minimum Gasteiger partial charge on any atom is -0.474 e. The number of carbonyl (C=O) groups excluding carboxylic acids is 2. The van der Waals surface area contributed by atoms with E-state index in [1.807, 2.05) is 19.9 Å². The van der Waals surface area contributed by atoms with Crippen molar-refractivity contribution >= 4 is 11.9 Å². The summed E-state index contributed by atoms with van der Waals surface area (Å²) in [6.07, 6.45) is 5.26. The van der Waals surface area contributed by atoms with Crippen LogP contribution in [0.4, 0.5) is 8.78 Å². The molecule has 6 rings (SSSR count). The van der Waals surface area contributed by atoms with Crippen LogP contribution < -0.4 is 15.4 Å². The molecule has 5 aliphatic rings. The Kier molecular flexibility index (Phi) is 7.66. The van der Waals surface area contributed by atoms with Crippen LogP contribution in [0.15, 0.2) is 12.1 Å². The molecular formula is C28H39F2N3O5. The highest BCUT2D eigenvalue weighted by Gasteiger charge is 2.57. The average Bonchev–Trinajstić information content (AvgIpc) is 2.85. The third-order valence-electron chi connectivity index (χ3n) is 9.03. The highest BCUT2D eigenvalue weighted by Crippen LogP contribution is 2.57. The molecule has 38 heavy (non-hydrogen) atoms. The van der Waals surface area contributed by atoms with Crippen LogP contribution in [-0.4, -0.2) is 61.4 Å². The molecule has 8 nitrogen and oxygen atoms in total. The molecule has 2 N–H and O–H groups in total. The number of halogens is 2. The Bertz CT molecular complexity index is 1030. The monoisotopic (exact) mass is 535 g/mol. The topological polar surface area (TPSA) is 98.8 Å². The number of alkyl halides is 2. The summed E-state index contributed by atoms with van der Waals surface area (Å²) in [7, 11) is 1.38. The van der Waals surface area contributed by atoms with Gasteiger partial charge < -0.3 is 24.8 Å². The fraction of sp³-hybridized carbons (Fsp3) is 0.750. The Morgan fingerprint density at radius 3 is 2.53 bits per heavy atom. The molecule has 4 aliphatic carbocycles. The van der Waals surface area contributed by atoms with E-state index in [9.17, 15) is 18.4 Å². The minimum atomic E-state index is -2.78. The number of ether oxygens (including phenoxy) is 3. The molecule has 1 aromatic heterocycles. The highest BCUT2D eigenvalue weighted by molar-refractivity contribution is 5.96. The van der Waals surface area contributed by atoms with E-state index < -0.39 is 17.6 Å². The third kappa shape index (κ3) is 5.39. The lowest BCUT2D eigenvalue weighted by atomic mass is 9.52. The molecule has 210 valence electrons. The number of pyridine rings is 1. The van der Waals surface area contributed by atoms with Crippen molar-refractivity contribution in [3.8, 4) is 5.88 Å². The molecule has 2 unspecified atom stereocenters. The van der Waals surface area contributed by atoms with Crippen LogP contribution >= 0.6 is 0 Å². The molecule has 0 radical (unpaired) electrons. The van der Waals surface area contributed by atoms with Crippen molar-refractivity contribution in [2.45, 2.75) is 95.0 Å². The van der Waals surface area contributed by atoms with Crippen LogP contribution in [0.25, 0.3) is 0 Å². The first-order chi connectivity index (χ1) is 18.1. The molecular weight excluding hydrogens is 496 g/mol. The highest BCUT2D eigenvalue weighted by atomic mass is 19.3. The van der Waals surface area contributed by atoms with Gasteiger partial charge in [0.05, 0.1) is 30.9 Å². The number of hydrogen-bond donors (Lipinski definition) is 2. The van der Waals surface area contributed by atoms with E-state index in [2.05, 4.69) is 10.6 Å². The summed E-state index contributed by atoms with van der Waals surface area (Å²) in [5, 5.41) is 6.60. The molecule has 1 aliphatic heterocycles. The van der Waals surface area contributed by atoms with Crippen LogP contribution in [-0.2, 0) is 19.7 Å². The lowest BCUT2D eigenvalue weighted by Gasteiger charge is -2.59. The van der Waals surface area contributed by atoms with Crippen molar-refractivity contribution < 1.29 is 32.6 Å². The van der Waals surface area contributed by atoms with E-state index in [0.29, 0.717) is 43.0 Å². The van der Waals surface area contributed by atoms with Gasteiger partial charge in [-0.05, 0) is 95.2 Å². The van der Waals surface area contributed by atoms with Crippen LogP contribution in [0.2, 0.25) is 0 Å². The summed E-state index contributed by atoms with van der Waals surface area (Å²) >= 11 is 0. The van der Waals surface area contributed by atoms with Gasteiger partial charge in [-0.15, -0.1) is 0 Å². The van der Waals surface area contributed by atoms with Gasteiger partial charge in [-0.25, -0.2) is 4.98 Å². The van der Waals surface area contributed by atoms with E-state index in [1.165, 1.54) is 7.11 Å². The van der Waals surface area contributed by atoms with Gasteiger partial charge in [-0.3, -0.25) is 9.59 Å². The standard InChI is InChI=1S/C28H39F2N3O5/c1-16(2)37-25-20(5-6-21(32-25)27(14-22(34)36-3)7-4-8-31-15-27)24(35)33-23-18-9-17-10-19(23)13-28(11-17,12-18)38-26(29)30/h5-6,16-19,23,26,31H,4,7-15H2,1-3H3,(H,33,35)/t17?,18?,19?,23?,27-,28?/m0/s1. The Labute approximate surface area is 222 Å². The summed E-state index contributed by atoms with van der Waals surface area (Å²) < 4.78 is 42.5. The first-order valence-electron chi connectivity index (χ1n) is 13.8. The Hall–Kier alpha value is -2.33. The number of rotatable bonds is 9. The largest absolute Gasteiger partial charge is 0.474 e. The fourth-order valence-corrected chi connectivity index (χ4v) is 7.75. The van der Waals surface area contributed by atoms with Gasteiger partial charge in [0.15, 0.2) is 0 Å². The van der Waals surface area contributed by atoms with Crippen LogP contribution in [0, 0.1) is 17.8 Å². The first-order valence-corrected chi connectivity index (χ1v) is 13.8. The Morgan fingerprint density at radius 2 is 1.92 bits per heavy atom. The van der Waals surface area contributed by atoms with Gasteiger partial charge >= 0.3 is 12.6 Å². The summed E-state index contributed by atoms with van der Waals surface area (Å²) in [5.74, 6) is 0.259. The van der Waals surface area contributed by atoms with E-state index in [1.54, 1.807) is 6.07 Å². The van der Waals surface area contributed by atoms with Crippen molar-refractivity contribution in [2.75, 3.05) is 20.2 Å². The van der Waals surface area contributed by atoms with Gasteiger partial charge in [-0.2, -0.15) is 8.78 Å². The minimum absolute atomic E-state index is 0.0896. The van der Waals surface area contributed by atoms with Crippen LogP contribution in [0.5, 0.6) is 5.88 Å². The first kappa shape index (κ1) is 27.2. The van der Waals surface area contributed by atoms with E-state index in [-0.39, 0.29) is 48.2 Å². The predicted octanol–water partition coefficient (Wildman–Crippen LogP) is 3.97. The lowest BCUT2D eigenvalue weighted by molar-refractivity contribution is -0.260. The maximum absolute atomic E-state index is 13.6. The summed E-state index contributed by atoms with van der Waals surface area (Å²) in [6.45, 7) is 2.43. The fourth-order valence-electron chi connectivity index (χ4n) is 7.75. The van der Waals surface area contributed by atoms with Gasteiger partial charge in [0.25, 0.3) is 5.91 Å². The van der Waals surface area contributed by atoms with E-state index >= 15 is 0 Å². The summed E-state index contributed by atoms with van der Waals surface area (Å²) in [5.41, 5.74) is -0.270. The lowest BCUT2D eigenvalue weighted by Crippen LogP contribution is -2.62. The predicted molar refractivity (Wildman–Crippen MR) is 135 cm³/mol. The molecule has 4 saturated carbocycles. The smallest absolute Gasteiger partial charge is 0.345 e. The molecule has 2 heterocycles. The zero-order chi connectivity index (χ0) is 27.1. The van der Waals surface area contributed by atoms with Gasteiger partial charge in [0.1, 0.15) is 5.56 Å². The number of carbonyl (C=O) groups is 2. The second-order valence-electron chi connectivity index (χ2n) is 12.1. The SMILES string of the molecule is COC(=O)C[C@@]1(c2ccc(C(=O)NC3C4CC5CC3CC(OC(F)F)(C5)C4)c(OC(C)C)n2)CCCNC1. The number of piperidine rings is 1. The maximum atomic E-state index is 13.6. The molecule has 0 spiro atoms. The molecule has 5 fully saturated rings. The molecule has 0 aromatic carbocycles. The van der Waals surface area contributed by atoms with Crippen LogP contribution in [0.3, 0.4) is 0 Å². The quantitative estimate of drug-likeness (QED) is 0.462. The molecule has 3 atom stereocenters. The van der Waals surface area contributed by atoms with Gasteiger partial charge in [-0.1, -0.05) is 0 Å². The normalized spacial score (nSPS) is 34.0. The van der Waals surface area contributed by atoms with Crippen molar-refractivity contribution in [2.24, 2.45) is 17.8 Å². The van der Waals surface area contributed by atoms with E-state index in [0.717, 1.165) is 32.2 Å². The average molecular weight is 536 g/mol. The number of amides is 1. The molecule has 1 saturated heterocycles. The number of nitrogens with zero attached hydrogens (tertiary/aromatic N) is 1. The number of nitrogens with one attached hydrogen (secondary N) is 2. The van der Waals surface area contributed by atoms with Crippen molar-refractivity contribution in [3.63, 3.8) is 0 Å². The molecule has 4 bridgehead atoms. The van der Waals surface area contributed by atoms with Crippen molar-refractivity contribution in [1.82, 2.24) is 15.6 Å². The number of esters is 1. The molecule has 1 aromatic rings. The second kappa shape index (κ2) is 10.7. The maximum Gasteiger partial charge on any atom is 0.345 e. The summed E-state index contributed by atoms with van der Waals surface area (Å²) in [4.78, 5) is 30.7. The third-order valence-corrected chi connectivity index (χ3v) is 9.03. The van der Waals surface area contributed by atoms with Gasteiger partial charge in [0.2, 0.25) is 5.88 Å². The van der Waals surface area contributed by atoms with E-state index in [4.69, 9.17) is 19.2 Å².